The Kier molecular flexibility index (Phi) is 8.76. The number of hydrogen-bond donors (Lipinski definition) is 5. The van der Waals surface area contributed by atoms with Crippen LogP contribution in [-0.4, -0.2) is 55.9 Å². The lowest BCUT2D eigenvalue weighted by Crippen LogP contribution is -2.37. The molecule has 2 aromatic rings. The van der Waals surface area contributed by atoms with E-state index in [-0.39, 0.29) is 49.0 Å². The Labute approximate surface area is 181 Å². The second-order valence-electron chi connectivity index (χ2n) is 8.59. The van der Waals surface area contributed by atoms with E-state index in [0.29, 0.717) is 24.2 Å². The van der Waals surface area contributed by atoms with Crippen molar-refractivity contribution in [3.8, 4) is 0 Å². The molecule has 1 aliphatic rings. The summed E-state index contributed by atoms with van der Waals surface area (Å²) in [6.45, 7) is 7.60. The number of nitrogens with one attached hydrogen (secondary N) is 2. The molecule has 0 radical (unpaired) electrons. The zero-order valence-electron chi connectivity index (χ0n) is 18.5. The van der Waals surface area contributed by atoms with E-state index < -0.39 is 5.97 Å². The molecule has 0 aliphatic carbocycles. The van der Waals surface area contributed by atoms with Crippen molar-refractivity contribution < 1.29 is 24.5 Å². The minimum absolute atomic E-state index is 0.0814. The van der Waals surface area contributed by atoms with Gasteiger partial charge in [0.25, 0.3) is 0 Å². The fraction of sp³-hybridized carbons (Fsp3) is 0.619. The number of carbonyl (C=O) groups is 2. The van der Waals surface area contributed by atoms with Crippen LogP contribution in [0.4, 0.5) is 5.82 Å². The normalized spacial score (nSPS) is 20.7. The maximum Gasteiger partial charge on any atom is 0.306 e. The molecule has 3 rings (SSSR count). The number of nitrogen functional groups attached to an aromatic ring is 1. The van der Waals surface area contributed by atoms with E-state index >= 15 is 0 Å². The van der Waals surface area contributed by atoms with Crippen LogP contribution in [0, 0.1) is 11.8 Å². The smallest absolute Gasteiger partial charge is 0.306 e. The highest BCUT2D eigenvalue weighted by Crippen LogP contribution is 2.33. The quantitative estimate of drug-likeness (QED) is 0.409. The highest BCUT2D eigenvalue weighted by molar-refractivity contribution is 5.87. The molecule has 31 heavy (non-hydrogen) atoms. The van der Waals surface area contributed by atoms with Crippen LogP contribution in [-0.2, 0) is 14.3 Å². The molecule has 1 saturated heterocycles. The van der Waals surface area contributed by atoms with Gasteiger partial charge in [-0.2, -0.15) is 0 Å². The van der Waals surface area contributed by atoms with E-state index in [4.69, 9.17) is 15.6 Å². The van der Waals surface area contributed by atoms with E-state index in [1.165, 1.54) is 6.33 Å². The van der Waals surface area contributed by atoms with Gasteiger partial charge in [-0.15, -0.1) is 0 Å². The minimum atomic E-state index is -0.713. The number of ether oxygens (including phenoxy) is 1. The molecule has 172 valence electrons. The van der Waals surface area contributed by atoms with Gasteiger partial charge < -0.3 is 31.0 Å². The third-order valence-corrected chi connectivity index (χ3v) is 4.87. The number of esters is 1. The number of aliphatic carboxylic acids is 1. The van der Waals surface area contributed by atoms with Gasteiger partial charge in [0.15, 0.2) is 5.82 Å². The Morgan fingerprint density at radius 1 is 1.23 bits per heavy atom. The van der Waals surface area contributed by atoms with E-state index in [9.17, 15) is 14.7 Å². The molecule has 0 aromatic carbocycles. The van der Waals surface area contributed by atoms with Crippen LogP contribution in [0.3, 0.4) is 0 Å². The molecule has 10 nitrogen and oxygen atoms in total. The third kappa shape index (κ3) is 6.90. The standard InChI is InChI=1S/C16H23N5O3.C5H10O2/c1-8(2)3-13(23)24-12-4-10(21-11(12)6-22)9-5-18-15-14(9)19-7-20-16(15)17;1-4(2)3-5(6)7/h5,7-8,10-12,18,21-22H,3-4,6H2,1-2H3,(H2,17,19,20);4H,3H2,1-2H3,(H,6,7)/t10-,11?,12+;/m1./s1. The Morgan fingerprint density at radius 3 is 2.45 bits per heavy atom. The highest BCUT2D eigenvalue weighted by atomic mass is 16.5. The number of rotatable bonds is 7. The number of nitrogens with two attached hydrogens (primary N) is 1. The topological polar surface area (TPSA) is 163 Å². The molecule has 0 saturated carbocycles. The molecule has 3 heterocycles. The third-order valence-electron chi connectivity index (χ3n) is 4.87. The van der Waals surface area contributed by atoms with Gasteiger partial charge >= 0.3 is 11.9 Å². The SMILES string of the molecule is CC(C)CC(=O)O.CC(C)CC(=O)O[C@H]1C[C@H](c2c[nH]c3c(N)ncnc23)NC1CO. The zero-order chi connectivity index (χ0) is 23.1. The predicted molar refractivity (Wildman–Crippen MR) is 116 cm³/mol. The number of fused-ring (bicyclic) bond motifs is 1. The lowest BCUT2D eigenvalue weighted by Gasteiger charge is -2.18. The minimum Gasteiger partial charge on any atom is -0.481 e. The van der Waals surface area contributed by atoms with Crippen molar-refractivity contribution in [2.24, 2.45) is 11.8 Å². The first-order chi connectivity index (χ1) is 14.6. The Morgan fingerprint density at radius 2 is 1.90 bits per heavy atom. The second-order valence-corrected chi connectivity index (χ2v) is 8.59. The molecule has 3 atom stereocenters. The van der Waals surface area contributed by atoms with Gasteiger partial charge in [0.1, 0.15) is 17.9 Å². The van der Waals surface area contributed by atoms with Crippen LogP contribution < -0.4 is 11.1 Å². The summed E-state index contributed by atoms with van der Waals surface area (Å²) < 4.78 is 5.56. The molecule has 2 aromatic heterocycles. The second kappa shape index (κ2) is 11.1. The summed E-state index contributed by atoms with van der Waals surface area (Å²) in [5.74, 6) is -0.0414. The molecule has 1 fully saturated rings. The number of carboxylic acid groups (broad SMARTS) is 1. The van der Waals surface area contributed by atoms with Crippen LogP contribution in [0.25, 0.3) is 11.0 Å². The summed E-state index contributed by atoms with van der Waals surface area (Å²) in [5.41, 5.74) is 8.21. The van der Waals surface area contributed by atoms with E-state index in [0.717, 1.165) is 11.1 Å². The van der Waals surface area contributed by atoms with Crippen molar-refractivity contribution >= 4 is 28.8 Å². The zero-order valence-corrected chi connectivity index (χ0v) is 18.5. The molecule has 1 unspecified atom stereocenters. The number of aromatic amines is 1. The molecule has 6 N–H and O–H groups in total. The first-order valence-corrected chi connectivity index (χ1v) is 10.5. The summed E-state index contributed by atoms with van der Waals surface area (Å²) in [7, 11) is 0. The Hall–Kier alpha value is -2.72. The van der Waals surface area contributed by atoms with Crippen molar-refractivity contribution in [3.63, 3.8) is 0 Å². The average Bonchev–Trinajstić information content (AvgIpc) is 3.24. The first kappa shape index (κ1) is 24.5. The van der Waals surface area contributed by atoms with Crippen LogP contribution in [0.2, 0.25) is 0 Å². The van der Waals surface area contributed by atoms with Crippen molar-refractivity contribution in [1.82, 2.24) is 20.3 Å². The first-order valence-electron chi connectivity index (χ1n) is 10.5. The number of carbonyl (C=O) groups excluding carboxylic acids is 1. The van der Waals surface area contributed by atoms with Crippen LogP contribution >= 0.6 is 0 Å². The van der Waals surface area contributed by atoms with Gasteiger partial charge in [0.05, 0.1) is 18.2 Å². The predicted octanol–water partition coefficient (Wildman–Crippen LogP) is 2.01. The Balaban J connectivity index is 0.000000423. The molecule has 0 spiro atoms. The lowest BCUT2D eigenvalue weighted by atomic mass is 10.1. The van der Waals surface area contributed by atoms with Crippen molar-refractivity contribution in [2.75, 3.05) is 12.3 Å². The van der Waals surface area contributed by atoms with Gasteiger partial charge in [-0.05, 0) is 11.8 Å². The summed E-state index contributed by atoms with van der Waals surface area (Å²) in [5, 5.41) is 21.0. The maximum atomic E-state index is 11.9. The summed E-state index contributed by atoms with van der Waals surface area (Å²) in [6, 6.07) is -0.378. The van der Waals surface area contributed by atoms with Crippen molar-refractivity contribution in [3.05, 3.63) is 18.1 Å². The number of aromatic nitrogens is 3. The van der Waals surface area contributed by atoms with Crippen LogP contribution in [0.1, 0.15) is 58.6 Å². The highest BCUT2D eigenvalue weighted by Gasteiger charge is 2.37. The van der Waals surface area contributed by atoms with Crippen molar-refractivity contribution in [1.29, 1.82) is 0 Å². The lowest BCUT2D eigenvalue weighted by molar-refractivity contribution is -0.150. The molecule has 0 amide bonds. The number of anilines is 1. The van der Waals surface area contributed by atoms with Gasteiger partial charge in [-0.1, -0.05) is 27.7 Å². The number of aliphatic hydroxyl groups excluding tert-OH is 1. The summed E-state index contributed by atoms with van der Waals surface area (Å²) in [4.78, 5) is 33.1. The van der Waals surface area contributed by atoms with E-state index in [1.54, 1.807) is 0 Å². The van der Waals surface area contributed by atoms with Crippen molar-refractivity contribution in [2.45, 2.75) is 65.1 Å². The molecular weight excluding hydrogens is 402 g/mol. The molecular formula is C21H33N5O5. The fourth-order valence-corrected chi connectivity index (χ4v) is 3.49. The van der Waals surface area contributed by atoms with E-state index in [1.807, 2.05) is 33.9 Å². The average molecular weight is 436 g/mol. The van der Waals surface area contributed by atoms with E-state index in [2.05, 4.69) is 20.3 Å². The largest absolute Gasteiger partial charge is 0.481 e. The number of nitrogens with zero attached hydrogens (tertiary/aromatic N) is 2. The van der Waals surface area contributed by atoms with Gasteiger partial charge in [0.2, 0.25) is 0 Å². The number of carboxylic acids is 1. The van der Waals surface area contributed by atoms with Gasteiger partial charge in [-0.25, -0.2) is 9.97 Å². The maximum absolute atomic E-state index is 11.9. The Bertz CT molecular complexity index is 882. The number of H-pyrrole nitrogens is 1. The summed E-state index contributed by atoms with van der Waals surface area (Å²) >= 11 is 0. The number of hydrogen-bond acceptors (Lipinski definition) is 8. The van der Waals surface area contributed by atoms with Gasteiger partial charge in [0, 0.05) is 37.1 Å². The van der Waals surface area contributed by atoms with Gasteiger partial charge in [-0.3, -0.25) is 9.59 Å². The van der Waals surface area contributed by atoms with Crippen LogP contribution in [0.15, 0.2) is 12.5 Å². The molecule has 1 aliphatic heterocycles. The van der Waals surface area contributed by atoms with Crippen LogP contribution in [0.5, 0.6) is 0 Å². The monoisotopic (exact) mass is 435 g/mol. The molecule has 10 heteroatoms. The summed E-state index contributed by atoms with van der Waals surface area (Å²) in [6.07, 6.45) is 4.12. The molecule has 0 bridgehead atoms. The fourth-order valence-electron chi connectivity index (χ4n) is 3.49. The number of aliphatic hydroxyl groups is 1.